The van der Waals surface area contributed by atoms with Crippen LogP contribution in [0.3, 0.4) is 0 Å². The highest BCUT2D eigenvalue weighted by molar-refractivity contribution is 9.10. The van der Waals surface area contributed by atoms with Gasteiger partial charge >= 0.3 is 0 Å². The van der Waals surface area contributed by atoms with Gasteiger partial charge in [0.25, 0.3) is 0 Å². The molecule has 9 heteroatoms. The molecule has 3 aromatic carbocycles. The minimum atomic E-state index is -3.83. The second-order valence-corrected chi connectivity index (χ2v) is 12.0. The Balaban J connectivity index is 1.56. The predicted molar refractivity (Wildman–Crippen MR) is 123 cm³/mol. The summed E-state index contributed by atoms with van der Waals surface area (Å²) in [6, 6.07) is 21.7. The van der Waals surface area contributed by atoms with Gasteiger partial charge in [0.15, 0.2) is 0 Å². The van der Waals surface area contributed by atoms with Gasteiger partial charge in [-0.1, -0.05) is 40.2 Å². The van der Waals surface area contributed by atoms with Gasteiger partial charge in [-0.25, -0.2) is 16.8 Å². The Morgan fingerprint density at radius 3 is 1.90 bits per heavy atom. The van der Waals surface area contributed by atoms with Gasteiger partial charge in [0.1, 0.15) is 0 Å². The average Bonchev–Trinajstić information content (AvgIpc) is 2.80. The third-order valence-electron chi connectivity index (χ3n) is 5.24. The molecular formula is C22H21BrN2O4S2. The van der Waals surface area contributed by atoms with E-state index in [1.807, 2.05) is 30.3 Å². The average molecular weight is 521 g/mol. The van der Waals surface area contributed by atoms with Gasteiger partial charge in [0.05, 0.1) is 14.7 Å². The van der Waals surface area contributed by atoms with Crippen molar-refractivity contribution in [1.82, 2.24) is 4.31 Å². The van der Waals surface area contributed by atoms with Gasteiger partial charge in [-0.05, 0) is 54.6 Å². The third kappa shape index (κ3) is 4.55. The Kier molecular flexibility index (Phi) is 6.20. The summed E-state index contributed by atoms with van der Waals surface area (Å²) in [4.78, 5) is 2.19. The van der Waals surface area contributed by atoms with E-state index in [0.717, 1.165) is 10.2 Å². The fourth-order valence-corrected chi connectivity index (χ4v) is 6.64. The zero-order valence-electron chi connectivity index (χ0n) is 16.6. The standard InChI is InChI=1S/C22H21BrN2O4S2/c23-18-9-11-20(12-10-18)30(26,27)21-7-4-8-22(17-21)31(28,29)25-15-13-24(14-16-25)19-5-2-1-3-6-19/h1-12,17H,13-16H2. The molecule has 0 N–H and O–H groups in total. The molecule has 162 valence electrons. The van der Waals surface area contributed by atoms with Crippen molar-refractivity contribution in [2.45, 2.75) is 14.7 Å². The summed E-state index contributed by atoms with van der Waals surface area (Å²) in [5.74, 6) is 0. The van der Waals surface area contributed by atoms with Gasteiger partial charge in [0.2, 0.25) is 19.9 Å². The van der Waals surface area contributed by atoms with Crippen LogP contribution in [0.1, 0.15) is 0 Å². The van der Waals surface area contributed by atoms with Crippen LogP contribution in [-0.2, 0) is 19.9 Å². The Morgan fingerprint density at radius 1 is 0.645 bits per heavy atom. The first kappa shape index (κ1) is 22.0. The molecule has 31 heavy (non-hydrogen) atoms. The van der Waals surface area contributed by atoms with Gasteiger partial charge in [-0.3, -0.25) is 0 Å². The second kappa shape index (κ2) is 8.74. The molecule has 4 rings (SSSR count). The number of nitrogens with zero attached hydrogens (tertiary/aromatic N) is 2. The van der Waals surface area contributed by atoms with Crippen molar-refractivity contribution in [2.24, 2.45) is 0 Å². The zero-order chi connectivity index (χ0) is 22.1. The first-order chi connectivity index (χ1) is 14.8. The zero-order valence-corrected chi connectivity index (χ0v) is 19.8. The van der Waals surface area contributed by atoms with Crippen LogP contribution >= 0.6 is 15.9 Å². The molecule has 0 aromatic heterocycles. The smallest absolute Gasteiger partial charge is 0.243 e. The van der Waals surface area contributed by atoms with Crippen LogP contribution in [0.25, 0.3) is 0 Å². The number of para-hydroxylation sites is 1. The van der Waals surface area contributed by atoms with Crippen LogP contribution in [0.2, 0.25) is 0 Å². The first-order valence-electron chi connectivity index (χ1n) is 9.69. The van der Waals surface area contributed by atoms with Gasteiger partial charge in [-0.15, -0.1) is 0 Å². The van der Waals surface area contributed by atoms with E-state index in [-0.39, 0.29) is 14.7 Å². The van der Waals surface area contributed by atoms with Crippen molar-refractivity contribution < 1.29 is 16.8 Å². The van der Waals surface area contributed by atoms with E-state index in [0.29, 0.717) is 26.2 Å². The summed E-state index contributed by atoms with van der Waals surface area (Å²) in [6.07, 6.45) is 0. The number of halogens is 1. The van der Waals surface area contributed by atoms with Crippen molar-refractivity contribution in [3.8, 4) is 0 Å². The lowest BCUT2D eigenvalue weighted by atomic mass is 10.2. The number of sulfone groups is 1. The lowest BCUT2D eigenvalue weighted by Gasteiger charge is -2.35. The van der Waals surface area contributed by atoms with Crippen molar-refractivity contribution in [3.05, 3.63) is 83.3 Å². The topological polar surface area (TPSA) is 74.8 Å². The summed E-state index contributed by atoms with van der Waals surface area (Å²) < 4.78 is 54.5. The largest absolute Gasteiger partial charge is 0.369 e. The quantitative estimate of drug-likeness (QED) is 0.511. The lowest BCUT2D eigenvalue weighted by molar-refractivity contribution is 0.385. The number of sulfonamides is 1. The van der Waals surface area contributed by atoms with Crippen LogP contribution in [0.4, 0.5) is 5.69 Å². The first-order valence-corrected chi connectivity index (χ1v) is 13.4. The van der Waals surface area contributed by atoms with Crippen molar-refractivity contribution >= 4 is 41.5 Å². The summed E-state index contributed by atoms with van der Waals surface area (Å²) in [6.45, 7) is 1.81. The van der Waals surface area contributed by atoms with E-state index in [4.69, 9.17) is 0 Å². The summed E-state index contributed by atoms with van der Waals surface area (Å²) in [5, 5.41) is 0. The predicted octanol–water partition coefficient (Wildman–Crippen LogP) is 3.79. The van der Waals surface area contributed by atoms with Crippen LogP contribution in [0.5, 0.6) is 0 Å². The molecule has 1 aliphatic rings. The molecule has 0 atom stereocenters. The van der Waals surface area contributed by atoms with E-state index in [1.54, 1.807) is 12.1 Å². The maximum Gasteiger partial charge on any atom is 0.243 e. The van der Waals surface area contributed by atoms with Crippen molar-refractivity contribution in [1.29, 1.82) is 0 Å². The van der Waals surface area contributed by atoms with E-state index in [2.05, 4.69) is 20.8 Å². The molecule has 1 saturated heterocycles. The molecule has 3 aromatic rings. The molecule has 0 spiro atoms. The molecule has 1 aliphatic heterocycles. The summed E-state index contributed by atoms with van der Waals surface area (Å²) in [7, 11) is -7.63. The fourth-order valence-electron chi connectivity index (χ4n) is 3.53. The lowest BCUT2D eigenvalue weighted by Crippen LogP contribution is -2.48. The molecule has 6 nitrogen and oxygen atoms in total. The van der Waals surface area contributed by atoms with E-state index in [1.165, 1.54) is 40.7 Å². The molecule has 0 radical (unpaired) electrons. The number of piperazine rings is 1. The Bertz CT molecular complexity index is 1270. The number of benzene rings is 3. The molecule has 1 fully saturated rings. The SMILES string of the molecule is O=S(=O)(c1ccc(Br)cc1)c1cccc(S(=O)(=O)N2CCN(c3ccccc3)CC2)c1. The number of anilines is 1. The van der Waals surface area contributed by atoms with Gasteiger partial charge in [-0.2, -0.15) is 4.31 Å². The van der Waals surface area contributed by atoms with Crippen LogP contribution < -0.4 is 4.90 Å². The van der Waals surface area contributed by atoms with Gasteiger partial charge in [0, 0.05) is 36.3 Å². The number of hydrogen-bond donors (Lipinski definition) is 0. The molecule has 0 saturated carbocycles. The maximum atomic E-state index is 13.2. The monoisotopic (exact) mass is 520 g/mol. The van der Waals surface area contributed by atoms with Crippen molar-refractivity contribution in [2.75, 3.05) is 31.1 Å². The Hall–Kier alpha value is -2.20. The third-order valence-corrected chi connectivity index (χ3v) is 9.43. The molecular weight excluding hydrogens is 500 g/mol. The Labute approximate surface area is 191 Å². The molecule has 1 heterocycles. The number of rotatable bonds is 5. The highest BCUT2D eigenvalue weighted by Gasteiger charge is 2.30. The highest BCUT2D eigenvalue weighted by atomic mass is 79.9. The van der Waals surface area contributed by atoms with Crippen LogP contribution in [0.15, 0.2) is 98.0 Å². The maximum absolute atomic E-state index is 13.2. The summed E-state index contributed by atoms with van der Waals surface area (Å²) >= 11 is 3.29. The fraction of sp³-hybridized carbons (Fsp3) is 0.182. The summed E-state index contributed by atoms with van der Waals surface area (Å²) in [5.41, 5.74) is 1.06. The van der Waals surface area contributed by atoms with E-state index in [9.17, 15) is 16.8 Å². The minimum Gasteiger partial charge on any atom is -0.369 e. The van der Waals surface area contributed by atoms with Gasteiger partial charge < -0.3 is 4.90 Å². The van der Waals surface area contributed by atoms with Crippen LogP contribution in [-0.4, -0.2) is 47.3 Å². The minimum absolute atomic E-state index is 0.0150. The molecule has 0 amide bonds. The van der Waals surface area contributed by atoms with Crippen LogP contribution in [0, 0.1) is 0 Å². The number of hydrogen-bond acceptors (Lipinski definition) is 5. The molecule has 0 aliphatic carbocycles. The van der Waals surface area contributed by atoms with E-state index >= 15 is 0 Å². The van der Waals surface area contributed by atoms with Crippen molar-refractivity contribution in [3.63, 3.8) is 0 Å². The molecule has 0 bridgehead atoms. The normalized spacial score (nSPS) is 15.7. The van der Waals surface area contributed by atoms with E-state index < -0.39 is 19.9 Å². The second-order valence-electron chi connectivity index (χ2n) is 7.16. The highest BCUT2D eigenvalue weighted by Crippen LogP contribution is 2.27. The Morgan fingerprint density at radius 2 is 1.26 bits per heavy atom. The molecule has 0 unspecified atom stereocenters.